The number of ether oxygens (including phenoxy) is 2. The van der Waals surface area contributed by atoms with Gasteiger partial charge in [0.15, 0.2) is 11.5 Å². The molecule has 0 fully saturated rings. The average Bonchev–Trinajstić information content (AvgIpc) is 2.28. The zero-order valence-corrected chi connectivity index (χ0v) is 9.83. The second-order valence-corrected chi connectivity index (χ2v) is 3.59. The lowest BCUT2D eigenvalue weighted by molar-refractivity contribution is 0.174. The number of benzene rings is 1. The predicted octanol–water partition coefficient (Wildman–Crippen LogP) is 2.06. The van der Waals surface area contributed by atoms with Crippen molar-refractivity contribution in [1.82, 2.24) is 0 Å². The Morgan fingerprint density at radius 2 is 1.93 bits per heavy atom. The first-order chi connectivity index (χ1) is 7.22. The molecule has 3 nitrogen and oxygen atoms in total. The van der Waals surface area contributed by atoms with E-state index in [4.69, 9.17) is 9.47 Å². The average molecular weight is 228 g/mol. The molecule has 0 spiro atoms. The summed E-state index contributed by atoms with van der Waals surface area (Å²) in [5.41, 5.74) is 0.821. The van der Waals surface area contributed by atoms with E-state index in [0.29, 0.717) is 23.7 Å². The molecule has 1 atom stereocenters. The first kappa shape index (κ1) is 12.2. The van der Waals surface area contributed by atoms with Crippen LogP contribution in [0.25, 0.3) is 0 Å². The Kier molecular flexibility index (Phi) is 4.78. The molecule has 1 aromatic rings. The van der Waals surface area contributed by atoms with Crippen molar-refractivity contribution in [2.24, 2.45) is 0 Å². The van der Waals surface area contributed by atoms with Gasteiger partial charge < -0.3 is 14.6 Å². The molecule has 0 saturated carbocycles. The Balaban J connectivity index is 2.92. The van der Waals surface area contributed by atoms with E-state index in [1.807, 2.05) is 6.07 Å². The molecule has 0 aromatic heterocycles. The summed E-state index contributed by atoms with van der Waals surface area (Å²) in [6, 6.07) is 5.40. The quantitative estimate of drug-likeness (QED) is 0.758. The van der Waals surface area contributed by atoms with Crippen molar-refractivity contribution >= 4 is 12.6 Å². The molecular formula is C11H16O3S. The number of aliphatic hydroxyl groups is 1. The van der Waals surface area contributed by atoms with Gasteiger partial charge in [0.25, 0.3) is 0 Å². The molecule has 0 heterocycles. The van der Waals surface area contributed by atoms with Crippen LogP contribution in [0, 0.1) is 0 Å². The minimum absolute atomic E-state index is 0.498. The first-order valence-corrected chi connectivity index (χ1v) is 5.37. The fraction of sp³-hybridized carbons (Fsp3) is 0.455. The molecule has 15 heavy (non-hydrogen) atoms. The van der Waals surface area contributed by atoms with E-state index in [2.05, 4.69) is 12.6 Å². The van der Waals surface area contributed by atoms with Gasteiger partial charge in [-0.25, -0.2) is 0 Å². The van der Waals surface area contributed by atoms with E-state index in [-0.39, 0.29) is 0 Å². The number of rotatable bonds is 5. The highest BCUT2D eigenvalue weighted by Crippen LogP contribution is 2.30. The Hall–Kier alpha value is -0.870. The van der Waals surface area contributed by atoms with Crippen LogP contribution in [0.4, 0.5) is 0 Å². The molecule has 1 unspecified atom stereocenters. The fourth-order valence-corrected chi connectivity index (χ4v) is 1.59. The molecule has 0 aliphatic carbocycles. The van der Waals surface area contributed by atoms with Crippen LogP contribution < -0.4 is 9.47 Å². The molecule has 4 heteroatoms. The lowest BCUT2D eigenvalue weighted by Crippen LogP contribution is -1.99. The van der Waals surface area contributed by atoms with Gasteiger partial charge >= 0.3 is 0 Å². The summed E-state index contributed by atoms with van der Waals surface area (Å²) >= 11 is 4.08. The molecule has 0 aliphatic heterocycles. The van der Waals surface area contributed by atoms with Gasteiger partial charge in [-0.3, -0.25) is 0 Å². The zero-order chi connectivity index (χ0) is 11.3. The third-order valence-electron chi connectivity index (χ3n) is 2.19. The minimum Gasteiger partial charge on any atom is -0.493 e. The molecule has 1 rings (SSSR count). The van der Waals surface area contributed by atoms with Gasteiger partial charge in [-0.2, -0.15) is 12.6 Å². The van der Waals surface area contributed by atoms with Crippen LogP contribution in [0.3, 0.4) is 0 Å². The smallest absolute Gasteiger partial charge is 0.161 e. The van der Waals surface area contributed by atoms with Crippen molar-refractivity contribution in [2.75, 3.05) is 20.0 Å². The van der Waals surface area contributed by atoms with E-state index in [1.165, 1.54) is 0 Å². The van der Waals surface area contributed by atoms with Gasteiger partial charge in [-0.1, -0.05) is 6.07 Å². The summed E-state index contributed by atoms with van der Waals surface area (Å²) < 4.78 is 10.3. The van der Waals surface area contributed by atoms with Gasteiger partial charge in [-0.05, 0) is 29.9 Å². The third-order valence-corrected chi connectivity index (χ3v) is 2.45. The molecule has 0 bridgehead atoms. The van der Waals surface area contributed by atoms with Gasteiger partial charge in [0.05, 0.1) is 20.3 Å². The summed E-state index contributed by atoms with van der Waals surface area (Å²) in [5.74, 6) is 1.95. The topological polar surface area (TPSA) is 38.7 Å². The van der Waals surface area contributed by atoms with Crippen molar-refractivity contribution in [2.45, 2.75) is 12.5 Å². The molecule has 0 saturated heterocycles. The Morgan fingerprint density at radius 1 is 1.27 bits per heavy atom. The van der Waals surface area contributed by atoms with Crippen LogP contribution in [-0.2, 0) is 0 Å². The van der Waals surface area contributed by atoms with E-state index in [1.54, 1.807) is 26.4 Å². The second-order valence-electron chi connectivity index (χ2n) is 3.14. The minimum atomic E-state index is -0.498. The summed E-state index contributed by atoms with van der Waals surface area (Å²) in [5, 5.41) is 9.76. The number of aliphatic hydroxyl groups excluding tert-OH is 1. The van der Waals surface area contributed by atoms with Crippen LogP contribution in [0.5, 0.6) is 11.5 Å². The first-order valence-electron chi connectivity index (χ1n) is 4.73. The van der Waals surface area contributed by atoms with Crippen LogP contribution >= 0.6 is 12.6 Å². The Morgan fingerprint density at radius 3 is 2.47 bits per heavy atom. The molecule has 1 aromatic carbocycles. The van der Waals surface area contributed by atoms with E-state index in [9.17, 15) is 5.11 Å². The number of thiol groups is 1. The van der Waals surface area contributed by atoms with Gasteiger partial charge in [0.1, 0.15) is 0 Å². The van der Waals surface area contributed by atoms with Gasteiger partial charge in [0, 0.05) is 0 Å². The van der Waals surface area contributed by atoms with Crippen molar-refractivity contribution in [3.05, 3.63) is 23.8 Å². The highest BCUT2D eigenvalue weighted by molar-refractivity contribution is 7.80. The van der Waals surface area contributed by atoms with E-state index < -0.39 is 6.10 Å². The standard InChI is InChI=1S/C11H16O3S/c1-13-10-4-3-8(7-11(10)14-2)9(12)5-6-15/h3-4,7,9,12,15H,5-6H2,1-2H3. The molecule has 0 radical (unpaired) electrons. The largest absolute Gasteiger partial charge is 0.493 e. The van der Waals surface area contributed by atoms with E-state index in [0.717, 1.165) is 5.56 Å². The summed E-state index contributed by atoms with van der Waals surface area (Å²) in [7, 11) is 3.16. The maximum absolute atomic E-state index is 9.76. The van der Waals surface area contributed by atoms with E-state index >= 15 is 0 Å². The van der Waals surface area contributed by atoms with Crippen LogP contribution in [0.15, 0.2) is 18.2 Å². The summed E-state index contributed by atoms with van der Waals surface area (Å²) in [6.45, 7) is 0. The van der Waals surface area contributed by atoms with Crippen LogP contribution in [0.1, 0.15) is 18.1 Å². The van der Waals surface area contributed by atoms with Gasteiger partial charge in [0.2, 0.25) is 0 Å². The predicted molar refractivity (Wildman–Crippen MR) is 63.0 cm³/mol. The van der Waals surface area contributed by atoms with Crippen molar-refractivity contribution in [1.29, 1.82) is 0 Å². The molecule has 84 valence electrons. The molecular weight excluding hydrogens is 212 g/mol. The SMILES string of the molecule is COc1ccc(C(O)CCS)cc1OC. The van der Waals surface area contributed by atoms with Crippen molar-refractivity contribution in [3.8, 4) is 11.5 Å². The molecule has 0 amide bonds. The highest BCUT2D eigenvalue weighted by Gasteiger charge is 2.10. The lowest BCUT2D eigenvalue weighted by Gasteiger charge is -2.13. The Labute approximate surface area is 95.4 Å². The lowest BCUT2D eigenvalue weighted by atomic mass is 10.1. The maximum Gasteiger partial charge on any atom is 0.161 e. The summed E-state index contributed by atoms with van der Waals surface area (Å²) in [4.78, 5) is 0. The summed E-state index contributed by atoms with van der Waals surface area (Å²) in [6.07, 6.45) is 0.126. The number of hydrogen-bond acceptors (Lipinski definition) is 4. The van der Waals surface area contributed by atoms with Crippen LogP contribution in [0.2, 0.25) is 0 Å². The fourth-order valence-electron chi connectivity index (χ4n) is 1.35. The monoisotopic (exact) mass is 228 g/mol. The van der Waals surface area contributed by atoms with Gasteiger partial charge in [-0.15, -0.1) is 0 Å². The van der Waals surface area contributed by atoms with Crippen molar-refractivity contribution < 1.29 is 14.6 Å². The third kappa shape index (κ3) is 3.04. The molecule has 1 N–H and O–H groups in total. The normalized spacial score (nSPS) is 12.3. The maximum atomic E-state index is 9.76. The zero-order valence-electron chi connectivity index (χ0n) is 8.93. The Bertz CT molecular complexity index is 315. The number of hydrogen-bond donors (Lipinski definition) is 2. The van der Waals surface area contributed by atoms with Crippen molar-refractivity contribution in [3.63, 3.8) is 0 Å². The highest BCUT2D eigenvalue weighted by atomic mass is 32.1. The van der Waals surface area contributed by atoms with Crippen LogP contribution in [-0.4, -0.2) is 25.1 Å². The second kappa shape index (κ2) is 5.88. The number of methoxy groups -OCH3 is 2. The molecule has 0 aliphatic rings.